The second kappa shape index (κ2) is 4.43. The molecule has 1 saturated heterocycles. The highest BCUT2D eigenvalue weighted by Gasteiger charge is 2.34. The van der Waals surface area contributed by atoms with Gasteiger partial charge in [-0.15, -0.1) is 0 Å². The van der Waals surface area contributed by atoms with E-state index < -0.39 is 17.8 Å². The number of amides is 1. The van der Waals surface area contributed by atoms with E-state index in [2.05, 4.69) is 9.97 Å². The SMILES string of the molecule is NC(=O)C1CCN(c2nccc(C(F)(F)F)n2)C1. The molecule has 1 amide bonds. The monoisotopic (exact) mass is 260 g/mol. The summed E-state index contributed by atoms with van der Waals surface area (Å²) in [6, 6.07) is 0.811. The van der Waals surface area contributed by atoms with Gasteiger partial charge in [0.2, 0.25) is 11.9 Å². The second-order valence-corrected chi connectivity index (χ2v) is 4.07. The zero-order valence-electron chi connectivity index (χ0n) is 9.31. The lowest BCUT2D eigenvalue weighted by Gasteiger charge is -2.16. The van der Waals surface area contributed by atoms with Gasteiger partial charge in [-0.25, -0.2) is 9.97 Å². The van der Waals surface area contributed by atoms with E-state index in [0.717, 1.165) is 12.3 Å². The highest BCUT2D eigenvalue weighted by atomic mass is 19.4. The average molecular weight is 260 g/mol. The van der Waals surface area contributed by atoms with Gasteiger partial charge in [0.15, 0.2) is 0 Å². The fraction of sp³-hybridized carbons (Fsp3) is 0.500. The van der Waals surface area contributed by atoms with Gasteiger partial charge < -0.3 is 10.6 Å². The molecule has 5 nitrogen and oxygen atoms in total. The van der Waals surface area contributed by atoms with Gasteiger partial charge in [0.1, 0.15) is 5.69 Å². The van der Waals surface area contributed by atoms with Crippen LogP contribution in [0.25, 0.3) is 0 Å². The van der Waals surface area contributed by atoms with Crippen molar-refractivity contribution in [2.75, 3.05) is 18.0 Å². The number of carbonyl (C=O) groups excluding carboxylic acids is 1. The van der Waals surface area contributed by atoms with E-state index in [0.29, 0.717) is 13.0 Å². The summed E-state index contributed by atoms with van der Waals surface area (Å²) in [5, 5.41) is 0. The van der Waals surface area contributed by atoms with Crippen LogP contribution in [0, 0.1) is 5.92 Å². The summed E-state index contributed by atoms with van der Waals surface area (Å²) in [5.74, 6) is -0.832. The maximum absolute atomic E-state index is 12.5. The maximum atomic E-state index is 12.5. The van der Waals surface area contributed by atoms with Gasteiger partial charge >= 0.3 is 6.18 Å². The van der Waals surface area contributed by atoms with Gasteiger partial charge in [-0.1, -0.05) is 0 Å². The lowest BCUT2D eigenvalue weighted by atomic mass is 10.1. The van der Waals surface area contributed by atoms with Crippen LogP contribution in [-0.4, -0.2) is 29.0 Å². The Labute approximate surface area is 101 Å². The standard InChI is InChI=1S/C10H11F3N4O/c11-10(12,13)7-1-3-15-9(16-7)17-4-2-6(5-17)8(14)18/h1,3,6H,2,4-5H2,(H2,14,18). The molecule has 1 unspecified atom stereocenters. The van der Waals surface area contributed by atoms with Crippen LogP contribution in [0.1, 0.15) is 12.1 Å². The van der Waals surface area contributed by atoms with Gasteiger partial charge in [-0.05, 0) is 12.5 Å². The molecule has 98 valence electrons. The Balaban J connectivity index is 2.18. The number of hydrogen-bond donors (Lipinski definition) is 1. The quantitative estimate of drug-likeness (QED) is 0.854. The Morgan fingerprint density at radius 2 is 2.22 bits per heavy atom. The number of rotatable bonds is 2. The molecule has 8 heteroatoms. The third-order valence-corrected chi connectivity index (χ3v) is 2.81. The van der Waals surface area contributed by atoms with E-state index in [9.17, 15) is 18.0 Å². The molecule has 0 aromatic carbocycles. The van der Waals surface area contributed by atoms with E-state index in [1.54, 1.807) is 0 Å². The summed E-state index contributed by atoms with van der Waals surface area (Å²) in [7, 11) is 0. The zero-order chi connectivity index (χ0) is 13.3. The zero-order valence-corrected chi connectivity index (χ0v) is 9.31. The van der Waals surface area contributed by atoms with E-state index in [1.165, 1.54) is 4.90 Å². The Kier molecular flexibility index (Phi) is 3.10. The molecule has 0 aliphatic carbocycles. The van der Waals surface area contributed by atoms with Crippen molar-refractivity contribution >= 4 is 11.9 Å². The third-order valence-electron chi connectivity index (χ3n) is 2.81. The second-order valence-electron chi connectivity index (χ2n) is 4.07. The van der Waals surface area contributed by atoms with Gasteiger partial charge in [0.05, 0.1) is 5.92 Å². The molecule has 0 radical (unpaired) electrons. The van der Waals surface area contributed by atoms with Crippen LogP contribution in [0.15, 0.2) is 12.3 Å². The topological polar surface area (TPSA) is 72.1 Å². The minimum atomic E-state index is -4.50. The fourth-order valence-electron chi connectivity index (χ4n) is 1.83. The Hall–Kier alpha value is -1.86. The summed E-state index contributed by atoms with van der Waals surface area (Å²) < 4.78 is 37.4. The lowest BCUT2D eigenvalue weighted by molar-refractivity contribution is -0.141. The number of halogens is 3. The van der Waals surface area contributed by atoms with Crippen LogP contribution in [0.4, 0.5) is 19.1 Å². The molecule has 1 aliphatic rings. The minimum absolute atomic E-state index is 0.0198. The summed E-state index contributed by atoms with van der Waals surface area (Å²) >= 11 is 0. The normalized spacial score (nSPS) is 20.2. The van der Waals surface area contributed by atoms with Crippen LogP contribution in [0.3, 0.4) is 0 Å². The first-order valence-corrected chi connectivity index (χ1v) is 5.32. The molecule has 2 N–H and O–H groups in total. The van der Waals surface area contributed by atoms with E-state index >= 15 is 0 Å². The molecule has 1 aromatic rings. The summed E-state index contributed by atoms with van der Waals surface area (Å²) in [4.78, 5) is 19.8. The van der Waals surface area contributed by atoms with Crippen molar-refractivity contribution in [1.29, 1.82) is 0 Å². The van der Waals surface area contributed by atoms with Crippen LogP contribution in [0.2, 0.25) is 0 Å². The van der Waals surface area contributed by atoms with Gasteiger partial charge in [0, 0.05) is 19.3 Å². The first kappa shape index (κ1) is 12.6. The predicted molar refractivity (Wildman–Crippen MR) is 56.5 cm³/mol. The molecule has 0 spiro atoms. The number of aromatic nitrogens is 2. The highest BCUT2D eigenvalue weighted by Crippen LogP contribution is 2.29. The lowest BCUT2D eigenvalue weighted by Crippen LogP contribution is -2.28. The number of carbonyl (C=O) groups is 1. The number of primary amides is 1. The van der Waals surface area contributed by atoms with Crippen molar-refractivity contribution in [3.63, 3.8) is 0 Å². The predicted octanol–water partition coefficient (Wildman–Crippen LogP) is 0.807. The van der Waals surface area contributed by atoms with Crippen molar-refractivity contribution in [2.45, 2.75) is 12.6 Å². The van der Waals surface area contributed by atoms with E-state index in [1.807, 2.05) is 0 Å². The van der Waals surface area contributed by atoms with Crippen molar-refractivity contribution in [1.82, 2.24) is 9.97 Å². The van der Waals surface area contributed by atoms with Crippen LogP contribution in [0.5, 0.6) is 0 Å². The first-order chi connectivity index (χ1) is 8.38. The van der Waals surface area contributed by atoms with Crippen molar-refractivity contribution in [3.05, 3.63) is 18.0 Å². The molecule has 1 aromatic heterocycles. The number of nitrogens with two attached hydrogens (primary N) is 1. The molecular formula is C10H11F3N4O. The number of anilines is 1. The molecule has 2 heterocycles. The van der Waals surface area contributed by atoms with Crippen molar-refractivity contribution in [2.24, 2.45) is 11.7 Å². The van der Waals surface area contributed by atoms with Crippen LogP contribution in [-0.2, 0) is 11.0 Å². The fourth-order valence-corrected chi connectivity index (χ4v) is 1.83. The Morgan fingerprint density at radius 3 is 2.78 bits per heavy atom. The number of alkyl halides is 3. The third kappa shape index (κ3) is 2.52. The Bertz CT molecular complexity index is 463. The van der Waals surface area contributed by atoms with Gasteiger partial charge in [-0.2, -0.15) is 13.2 Å². The molecule has 0 bridgehead atoms. The summed E-state index contributed by atoms with van der Waals surface area (Å²) in [6.07, 6.45) is -2.93. The molecule has 2 rings (SSSR count). The largest absolute Gasteiger partial charge is 0.433 e. The van der Waals surface area contributed by atoms with Gasteiger partial charge in [-0.3, -0.25) is 4.79 Å². The number of hydrogen-bond acceptors (Lipinski definition) is 4. The molecule has 1 aliphatic heterocycles. The molecular weight excluding hydrogens is 249 g/mol. The number of nitrogens with zero attached hydrogens (tertiary/aromatic N) is 3. The summed E-state index contributed by atoms with van der Waals surface area (Å²) in [5.41, 5.74) is 4.16. The minimum Gasteiger partial charge on any atom is -0.369 e. The van der Waals surface area contributed by atoms with Crippen molar-refractivity contribution < 1.29 is 18.0 Å². The molecule has 1 fully saturated rings. The van der Waals surface area contributed by atoms with E-state index in [4.69, 9.17) is 5.73 Å². The average Bonchev–Trinajstić information content (AvgIpc) is 2.77. The first-order valence-electron chi connectivity index (χ1n) is 5.32. The molecule has 18 heavy (non-hydrogen) atoms. The van der Waals surface area contributed by atoms with Gasteiger partial charge in [0.25, 0.3) is 0 Å². The van der Waals surface area contributed by atoms with E-state index in [-0.39, 0.29) is 18.4 Å². The molecule has 1 atom stereocenters. The van der Waals surface area contributed by atoms with Crippen LogP contribution >= 0.6 is 0 Å². The Morgan fingerprint density at radius 1 is 1.50 bits per heavy atom. The maximum Gasteiger partial charge on any atom is 0.433 e. The highest BCUT2D eigenvalue weighted by molar-refractivity contribution is 5.78. The van der Waals surface area contributed by atoms with Crippen molar-refractivity contribution in [3.8, 4) is 0 Å². The van der Waals surface area contributed by atoms with Crippen LogP contribution < -0.4 is 10.6 Å². The molecule has 0 saturated carbocycles. The smallest absolute Gasteiger partial charge is 0.369 e. The summed E-state index contributed by atoms with van der Waals surface area (Å²) in [6.45, 7) is 0.686.